The van der Waals surface area contributed by atoms with Gasteiger partial charge in [-0.3, -0.25) is 4.79 Å². The highest BCUT2D eigenvalue weighted by molar-refractivity contribution is 5.95. The quantitative estimate of drug-likeness (QED) is 0.691. The van der Waals surface area contributed by atoms with Crippen LogP contribution in [0.4, 0.5) is 4.79 Å². The van der Waals surface area contributed by atoms with Crippen LogP contribution in [-0.4, -0.2) is 35.2 Å². The van der Waals surface area contributed by atoms with Crippen molar-refractivity contribution in [1.29, 1.82) is 0 Å². The fourth-order valence-corrected chi connectivity index (χ4v) is 2.06. The van der Waals surface area contributed by atoms with Crippen LogP contribution in [-0.2, 0) is 9.53 Å². The molecule has 0 aromatic carbocycles. The Hall–Kier alpha value is -1.10. The highest BCUT2D eigenvalue weighted by Gasteiger charge is 2.50. The molecule has 1 aliphatic carbocycles. The lowest BCUT2D eigenvalue weighted by molar-refractivity contribution is -0.126. The van der Waals surface area contributed by atoms with Crippen molar-refractivity contribution < 1.29 is 19.4 Å². The number of nitrogens with one attached hydrogen (secondary N) is 1. The van der Waals surface area contributed by atoms with Crippen molar-refractivity contribution in [2.45, 2.75) is 44.2 Å². The minimum Gasteiger partial charge on any atom is -0.465 e. The Balaban J connectivity index is 1.95. The average molecular weight is 227 g/mol. The molecule has 0 radical (unpaired) electrons. The standard InChI is InChI=1S/C11H17NO4/c1-11(6-16-11)9(13)8(12-10(14)15)5-7-3-2-4-7/h7-8,12H,2-6H2,1H3,(H,14,15)/t8-,11-/m0/s1. The van der Waals surface area contributed by atoms with Gasteiger partial charge in [0.15, 0.2) is 5.78 Å². The van der Waals surface area contributed by atoms with E-state index in [0.717, 1.165) is 12.8 Å². The average Bonchev–Trinajstić information content (AvgIpc) is 2.87. The maximum absolute atomic E-state index is 12.0. The lowest BCUT2D eigenvalue weighted by Crippen LogP contribution is -2.47. The van der Waals surface area contributed by atoms with Gasteiger partial charge < -0.3 is 15.2 Å². The molecule has 1 saturated carbocycles. The van der Waals surface area contributed by atoms with Crippen LogP contribution in [0.5, 0.6) is 0 Å². The largest absolute Gasteiger partial charge is 0.465 e. The number of epoxide rings is 1. The summed E-state index contributed by atoms with van der Waals surface area (Å²) in [6.07, 6.45) is 2.86. The third-order valence-electron chi connectivity index (χ3n) is 3.51. The molecule has 0 bridgehead atoms. The van der Waals surface area contributed by atoms with Crippen molar-refractivity contribution >= 4 is 11.9 Å². The maximum Gasteiger partial charge on any atom is 0.405 e. The fourth-order valence-electron chi connectivity index (χ4n) is 2.06. The van der Waals surface area contributed by atoms with Crippen molar-refractivity contribution in [2.24, 2.45) is 5.92 Å². The van der Waals surface area contributed by atoms with E-state index in [1.54, 1.807) is 6.92 Å². The van der Waals surface area contributed by atoms with Gasteiger partial charge >= 0.3 is 6.09 Å². The second-order valence-electron chi connectivity index (χ2n) is 4.92. The Morgan fingerprint density at radius 2 is 2.19 bits per heavy atom. The lowest BCUT2D eigenvalue weighted by atomic mass is 9.79. The van der Waals surface area contributed by atoms with Gasteiger partial charge in [0.05, 0.1) is 12.6 Å². The van der Waals surface area contributed by atoms with Gasteiger partial charge in [0.2, 0.25) is 0 Å². The molecule has 16 heavy (non-hydrogen) atoms. The number of carbonyl (C=O) groups is 2. The Kier molecular flexibility index (Phi) is 2.88. The molecule has 5 nitrogen and oxygen atoms in total. The summed E-state index contributed by atoms with van der Waals surface area (Å²) < 4.78 is 5.07. The SMILES string of the molecule is C[C@@]1(C(=O)[C@H](CC2CCC2)NC(=O)O)CO1. The van der Waals surface area contributed by atoms with E-state index >= 15 is 0 Å². The summed E-state index contributed by atoms with van der Waals surface area (Å²) in [5.41, 5.74) is -0.739. The first-order valence-corrected chi connectivity index (χ1v) is 5.69. The number of carbonyl (C=O) groups excluding carboxylic acids is 1. The molecule has 2 atom stereocenters. The molecule has 0 aromatic heterocycles. The third-order valence-corrected chi connectivity index (χ3v) is 3.51. The summed E-state index contributed by atoms with van der Waals surface area (Å²) in [5.74, 6) is 0.366. The van der Waals surface area contributed by atoms with Gasteiger partial charge in [-0.25, -0.2) is 4.79 Å². The molecule has 2 fully saturated rings. The zero-order valence-corrected chi connectivity index (χ0v) is 9.36. The monoisotopic (exact) mass is 227 g/mol. The van der Waals surface area contributed by atoms with E-state index in [-0.39, 0.29) is 5.78 Å². The van der Waals surface area contributed by atoms with Crippen molar-refractivity contribution in [3.05, 3.63) is 0 Å². The van der Waals surface area contributed by atoms with E-state index in [4.69, 9.17) is 9.84 Å². The predicted molar refractivity (Wildman–Crippen MR) is 56.3 cm³/mol. The molecule has 0 unspecified atom stereocenters. The van der Waals surface area contributed by atoms with Gasteiger partial charge in [-0.2, -0.15) is 0 Å². The van der Waals surface area contributed by atoms with Gasteiger partial charge in [-0.1, -0.05) is 19.3 Å². The molecule has 1 heterocycles. The van der Waals surface area contributed by atoms with Gasteiger partial charge in [-0.05, 0) is 19.3 Å². The number of ketones is 1. The van der Waals surface area contributed by atoms with Crippen molar-refractivity contribution in [3.8, 4) is 0 Å². The number of ether oxygens (including phenoxy) is 1. The summed E-state index contributed by atoms with van der Waals surface area (Å²) in [6, 6.07) is -0.602. The van der Waals surface area contributed by atoms with E-state index in [9.17, 15) is 9.59 Å². The number of Topliss-reactive ketones (excluding diaryl/α,β-unsaturated/α-hetero) is 1. The van der Waals surface area contributed by atoms with Crippen LogP contribution in [0.2, 0.25) is 0 Å². The van der Waals surface area contributed by atoms with Gasteiger partial charge in [-0.15, -0.1) is 0 Å². The molecule has 5 heteroatoms. The predicted octanol–water partition coefficient (Wildman–Crippen LogP) is 1.17. The van der Waals surface area contributed by atoms with Crippen LogP contribution in [0.3, 0.4) is 0 Å². The first-order chi connectivity index (χ1) is 7.51. The van der Waals surface area contributed by atoms with Crippen LogP contribution in [0.25, 0.3) is 0 Å². The normalized spacial score (nSPS) is 30.3. The number of rotatable bonds is 5. The molecular weight excluding hydrogens is 210 g/mol. The molecule has 90 valence electrons. The van der Waals surface area contributed by atoms with E-state index in [2.05, 4.69) is 5.32 Å². The van der Waals surface area contributed by atoms with Crippen LogP contribution in [0.1, 0.15) is 32.6 Å². The summed E-state index contributed by atoms with van der Waals surface area (Å²) in [6.45, 7) is 2.13. The Morgan fingerprint density at radius 1 is 1.56 bits per heavy atom. The second-order valence-corrected chi connectivity index (χ2v) is 4.92. The number of hydrogen-bond acceptors (Lipinski definition) is 3. The summed E-state index contributed by atoms with van der Waals surface area (Å²) in [7, 11) is 0. The molecule has 2 aliphatic rings. The smallest absolute Gasteiger partial charge is 0.405 e. The molecule has 1 saturated heterocycles. The molecule has 0 aromatic rings. The highest BCUT2D eigenvalue weighted by atomic mass is 16.6. The van der Waals surface area contributed by atoms with Crippen molar-refractivity contribution in [3.63, 3.8) is 0 Å². The van der Waals surface area contributed by atoms with Gasteiger partial charge in [0.25, 0.3) is 0 Å². The number of hydrogen-bond donors (Lipinski definition) is 2. The maximum atomic E-state index is 12.0. The minimum absolute atomic E-state index is 0.123. The summed E-state index contributed by atoms with van der Waals surface area (Å²) in [5, 5.41) is 11.0. The fraction of sp³-hybridized carbons (Fsp3) is 0.818. The van der Waals surface area contributed by atoms with Gasteiger partial charge in [0, 0.05) is 0 Å². The summed E-state index contributed by atoms with van der Waals surface area (Å²) in [4.78, 5) is 22.6. The molecule has 1 aliphatic heterocycles. The molecule has 2 N–H and O–H groups in total. The Bertz CT molecular complexity index is 307. The first kappa shape index (κ1) is 11.4. The van der Waals surface area contributed by atoms with E-state index in [1.165, 1.54) is 6.42 Å². The Morgan fingerprint density at radius 3 is 2.56 bits per heavy atom. The first-order valence-electron chi connectivity index (χ1n) is 5.69. The summed E-state index contributed by atoms with van der Waals surface area (Å²) >= 11 is 0. The van der Waals surface area contributed by atoms with E-state index in [0.29, 0.717) is 18.9 Å². The number of amides is 1. The van der Waals surface area contributed by atoms with Crippen molar-refractivity contribution in [2.75, 3.05) is 6.61 Å². The lowest BCUT2D eigenvalue weighted by Gasteiger charge is -2.29. The van der Waals surface area contributed by atoms with Crippen LogP contribution in [0.15, 0.2) is 0 Å². The van der Waals surface area contributed by atoms with E-state index in [1.807, 2.05) is 0 Å². The molecule has 1 amide bonds. The van der Waals surface area contributed by atoms with E-state index < -0.39 is 17.7 Å². The van der Waals surface area contributed by atoms with Crippen LogP contribution >= 0.6 is 0 Å². The van der Waals surface area contributed by atoms with Crippen molar-refractivity contribution in [1.82, 2.24) is 5.32 Å². The molecule has 0 spiro atoms. The molecular formula is C11H17NO4. The Labute approximate surface area is 94.2 Å². The zero-order valence-electron chi connectivity index (χ0n) is 9.36. The minimum atomic E-state index is -1.14. The number of carboxylic acid groups (broad SMARTS) is 1. The third kappa shape index (κ3) is 2.35. The zero-order chi connectivity index (χ0) is 11.8. The van der Waals surface area contributed by atoms with Gasteiger partial charge in [0.1, 0.15) is 5.60 Å². The topological polar surface area (TPSA) is 78.9 Å². The van der Waals surface area contributed by atoms with Crippen LogP contribution < -0.4 is 5.32 Å². The highest BCUT2D eigenvalue weighted by Crippen LogP contribution is 2.34. The second kappa shape index (κ2) is 4.05. The molecule has 2 rings (SSSR count). The van der Waals surface area contributed by atoms with Crippen LogP contribution in [0, 0.1) is 5.92 Å².